The molecule has 1 aromatic rings. The molecule has 98 valence electrons. The van der Waals surface area contributed by atoms with Gasteiger partial charge in [0.2, 0.25) is 0 Å². The fourth-order valence-corrected chi connectivity index (χ4v) is 2.28. The normalized spacial score (nSPS) is 10.3. The zero-order valence-corrected chi connectivity index (χ0v) is 12.1. The molecule has 0 saturated carbocycles. The lowest BCUT2D eigenvalue weighted by atomic mass is 10.1. The number of ether oxygens (including phenoxy) is 1. The molecule has 8 heteroatoms. The topological polar surface area (TPSA) is 63.6 Å². The predicted molar refractivity (Wildman–Crippen MR) is 64.7 cm³/mol. The van der Waals surface area contributed by atoms with E-state index in [0.29, 0.717) is 0 Å². The lowest BCUT2D eigenvalue weighted by Gasteiger charge is -2.10. The summed E-state index contributed by atoms with van der Waals surface area (Å²) in [7, 11) is 0. The Morgan fingerprint density at radius 2 is 1.61 bits per heavy atom. The van der Waals surface area contributed by atoms with E-state index in [1.807, 2.05) is 0 Å². The number of carboxylic acid groups (broad SMARTS) is 1. The van der Waals surface area contributed by atoms with Gasteiger partial charge in [0.05, 0.1) is 15.6 Å². The molecule has 0 aromatic heterocycles. The highest BCUT2D eigenvalue weighted by molar-refractivity contribution is 9.11. The second-order valence-corrected chi connectivity index (χ2v) is 4.62. The van der Waals surface area contributed by atoms with Gasteiger partial charge in [0, 0.05) is 0 Å². The molecule has 4 nitrogen and oxygen atoms in total. The molecule has 0 saturated heterocycles. The molecule has 0 radical (unpaired) electrons. The largest absolute Gasteiger partial charge is 0.478 e. The minimum Gasteiger partial charge on any atom is -0.478 e. The molecule has 0 unspecified atom stereocenters. The maximum Gasteiger partial charge on any atom is 0.342 e. The first-order chi connectivity index (χ1) is 8.32. The average molecular weight is 388 g/mol. The minimum atomic E-state index is -1.66. The van der Waals surface area contributed by atoms with Gasteiger partial charge in [-0.2, -0.15) is 0 Å². The van der Waals surface area contributed by atoms with Crippen LogP contribution in [0.25, 0.3) is 0 Å². The van der Waals surface area contributed by atoms with E-state index in [9.17, 15) is 18.4 Å². The van der Waals surface area contributed by atoms with Crippen molar-refractivity contribution in [2.75, 3.05) is 6.61 Å². The standard InChI is InChI=1S/C10H6Br2F2O4/c1-2-18-10(17)4-6(12)7(13)3(9(15)16)5(11)8(4)14/h2H2,1H3,(H,15,16). The van der Waals surface area contributed by atoms with Crippen LogP contribution in [-0.2, 0) is 4.74 Å². The van der Waals surface area contributed by atoms with Crippen molar-refractivity contribution in [2.45, 2.75) is 6.92 Å². The van der Waals surface area contributed by atoms with Gasteiger partial charge in [0.25, 0.3) is 0 Å². The third-order valence-corrected chi connectivity index (χ3v) is 3.45. The molecule has 1 N–H and O–H groups in total. The molecule has 0 fully saturated rings. The lowest BCUT2D eigenvalue weighted by molar-refractivity contribution is 0.0516. The molecule has 0 bridgehead atoms. The molecule has 1 aromatic carbocycles. The van der Waals surface area contributed by atoms with E-state index in [2.05, 4.69) is 36.6 Å². The summed E-state index contributed by atoms with van der Waals surface area (Å²) in [5.41, 5.74) is -1.58. The van der Waals surface area contributed by atoms with Crippen LogP contribution < -0.4 is 0 Å². The van der Waals surface area contributed by atoms with Gasteiger partial charge in [-0.05, 0) is 38.8 Å². The smallest absolute Gasteiger partial charge is 0.342 e. The second kappa shape index (κ2) is 5.75. The van der Waals surface area contributed by atoms with Crippen LogP contribution in [-0.4, -0.2) is 23.7 Å². The van der Waals surface area contributed by atoms with Crippen molar-refractivity contribution in [1.82, 2.24) is 0 Å². The van der Waals surface area contributed by atoms with Gasteiger partial charge in [-0.3, -0.25) is 0 Å². The second-order valence-electron chi connectivity index (χ2n) is 3.03. The van der Waals surface area contributed by atoms with E-state index in [4.69, 9.17) is 5.11 Å². The molecule has 0 spiro atoms. The van der Waals surface area contributed by atoms with E-state index < -0.39 is 43.6 Å². The summed E-state index contributed by atoms with van der Waals surface area (Å²) in [5, 5.41) is 8.75. The lowest BCUT2D eigenvalue weighted by Crippen LogP contribution is -2.14. The van der Waals surface area contributed by atoms with Gasteiger partial charge in [-0.1, -0.05) is 0 Å². The summed E-state index contributed by atoms with van der Waals surface area (Å²) in [6.45, 7) is 1.48. The molecule has 18 heavy (non-hydrogen) atoms. The van der Waals surface area contributed by atoms with Crippen molar-refractivity contribution in [3.8, 4) is 0 Å². The number of rotatable bonds is 3. The van der Waals surface area contributed by atoms with Crippen molar-refractivity contribution in [1.29, 1.82) is 0 Å². The predicted octanol–water partition coefficient (Wildman–Crippen LogP) is 3.36. The highest BCUT2D eigenvalue weighted by Gasteiger charge is 2.29. The van der Waals surface area contributed by atoms with E-state index in [1.165, 1.54) is 6.92 Å². The summed E-state index contributed by atoms with van der Waals surface area (Å²) < 4.78 is 30.9. The molecular formula is C10H6Br2F2O4. The molecule has 0 aliphatic heterocycles. The van der Waals surface area contributed by atoms with E-state index in [1.54, 1.807) is 0 Å². The van der Waals surface area contributed by atoms with Crippen LogP contribution in [0.2, 0.25) is 0 Å². The maximum atomic E-state index is 13.8. The number of hydrogen-bond donors (Lipinski definition) is 1. The van der Waals surface area contributed by atoms with Crippen molar-refractivity contribution in [2.24, 2.45) is 0 Å². The summed E-state index contributed by atoms with van der Waals surface area (Å²) in [6, 6.07) is 0. The molecular weight excluding hydrogens is 382 g/mol. The van der Waals surface area contributed by atoms with Gasteiger partial charge >= 0.3 is 11.9 Å². The average Bonchev–Trinajstić information content (AvgIpc) is 2.27. The van der Waals surface area contributed by atoms with Crippen LogP contribution in [0.5, 0.6) is 0 Å². The zero-order valence-electron chi connectivity index (χ0n) is 8.89. The Bertz CT molecular complexity index is 502. The Balaban J connectivity index is 3.58. The first kappa shape index (κ1) is 15.0. The number of hydrogen-bond acceptors (Lipinski definition) is 3. The quantitative estimate of drug-likeness (QED) is 0.638. The molecule has 0 amide bonds. The number of carbonyl (C=O) groups excluding carboxylic acids is 1. The van der Waals surface area contributed by atoms with Crippen molar-refractivity contribution >= 4 is 43.8 Å². The maximum absolute atomic E-state index is 13.8. The van der Waals surface area contributed by atoms with Gasteiger partial charge < -0.3 is 9.84 Å². The SMILES string of the molecule is CCOC(=O)c1c(F)c(Br)c(C(=O)O)c(F)c1Br. The number of benzene rings is 1. The van der Waals surface area contributed by atoms with E-state index in [0.717, 1.165) is 0 Å². The summed E-state index contributed by atoms with van der Waals surface area (Å²) in [4.78, 5) is 22.2. The van der Waals surface area contributed by atoms with Crippen LogP contribution in [0.15, 0.2) is 8.95 Å². The van der Waals surface area contributed by atoms with E-state index in [-0.39, 0.29) is 6.61 Å². The van der Waals surface area contributed by atoms with Crippen molar-refractivity contribution < 1.29 is 28.2 Å². The number of halogens is 4. The Hall–Kier alpha value is -1.02. The third-order valence-electron chi connectivity index (χ3n) is 1.96. The Labute approximate surface area is 117 Å². The first-order valence-corrected chi connectivity index (χ1v) is 6.17. The molecule has 0 atom stereocenters. The number of aromatic carboxylic acids is 1. The summed E-state index contributed by atoms with van der Waals surface area (Å²) >= 11 is 5.27. The molecule has 0 heterocycles. The molecule has 0 aliphatic rings. The van der Waals surface area contributed by atoms with Crippen LogP contribution in [0.4, 0.5) is 8.78 Å². The number of carboxylic acids is 1. The van der Waals surface area contributed by atoms with Gasteiger partial charge in [0.15, 0.2) is 11.6 Å². The number of carbonyl (C=O) groups is 2. The van der Waals surface area contributed by atoms with Gasteiger partial charge in [-0.25, -0.2) is 18.4 Å². The minimum absolute atomic E-state index is 0.0232. The fourth-order valence-electron chi connectivity index (χ4n) is 1.20. The third kappa shape index (κ3) is 2.54. The van der Waals surface area contributed by atoms with Crippen LogP contribution in [0, 0.1) is 11.6 Å². The van der Waals surface area contributed by atoms with Crippen LogP contribution in [0.3, 0.4) is 0 Å². The molecule has 1 rings (SSSR count). The van der Waals surface area contributed by atoms with Crippen LogP contribution in [0.1, 0.15) is 27.6 Å². The first-order valence-electron chi connectivity index (χ1n) is 4.59. The summed E-state index contributed by atoms with van der Waals surface area (Å²) in [6.07, 6.45) is 0. The highest BCUT2D eigenvalue weighted by atomic mass is 79.9. The Kier molecular flexibility index (Phi) is 4.80. The summed E-state index contributed by atoms with van der Waals surface area (Å²) in [5.74, 6) is -5.19. The van der Waals surface area contributed by atoms with E-state index >= 15 is 0 Å². The zero-order chi connectivity index (χ0) is 14.0. The Morgan fingerprint density at radius 1 is 1.17 bits per heavy atom. The number of esters is 1. The molecule has 0 aliphatic carbocycles. The Morgan fingerprint density at radius 3 is 2.06 bits per heavy atom. The monoisotopic (exact) mass is 386 g/mol. The fraction of sp³-hybridized carbons (Fsp3) is 0.200. The van der Waals surface area contributed by atoms with Gasteiger partial charge in [0.1, 0.15) is 11.1 Å². The van der Waals surface area contributed by atoms with Crippen molar-refractivity contribution in [3.63, 3.8) is 0 Å². The van der Waals surface area contributed by atoms with Crippen molar-refractivity contribution in [3.05, 3.63) is 31.7 Å². The highest BCUT2D eigenvalue weighted by Crippen LogP contribution is 2.34. The van der Waals surface area contributed by atoms with Crippen LogP contribution >= 0.6 is 31.9 Å². The van der Waals surface area contributed by atoms with Gasteiger partial charge in [-0.15, -0.1) is 0 Å².